The number of rotatable bonds is 11. The Balaban J connectivity index is 0.000000339. The smallest absolute Gasteiger partial charge is 0.224 e. The molecule has 4 aromatic carbocycles. The molecule has 0 fully saturated rings. The van der Waals surface area contributed by atoms with E-state index in [0.29, 0.717) is 65.1 Å². The average molecular weight is 878 g/mol. The van der Waals surface area contributed by atoms with Crippen LogP contribution in [0.25, 0.3) is 0 Å². The van der Waals surface area contributed by atoms with Gasteiger partial charge in [-0.3, -0.25) is 9.59 Å². The number of carbonyl (C=O) groups excluding carboxylic acids is 2. The summed E-state index contributed by atoms with van der Waals surface area (Å²) in [5, 5.41) is 8.67. The second kappa shape index (κ2) is 22.9. The highest BCUT2D eigenvalue weighted by Gasteiger charge is 2.22. The molecular formula is C48H57BrF4N4O2. The van der Waals surface area contributed by atoms with Crippen molar-refractivity contribution in [2.24, 2.45) is 10.8 Å². The number of nitrogens with zero attached hydrogens (tertiary/aromatic N) is 1. The van der Waals surface area contributed by atoms with Crippen LogP contribution in [0, 0.1) is 86.5 Å². The lowest BCUT2D eigenvalue weighted by atomic mass is 9.92. The summed E-state index contributed by atoms with van der Waals surface area (Å²) in [5.74, 6) is 3.48. The number of aryl methyl sites for hydroxylation is 2. The summed E-state index contributed by atoms with van der Waals surface area (Å²) in [6.07, 6.45) is 11.3. The van der Waals surface area contributed by atoms with E-state index in [-0.39, 0.29) is 46.6 Å². The first-order chi connectivity index (χ1) is 27.5. The lowest BCUT2D eigenvalue weighted by molar-refractivity contribution is -0.118. The highest BCUT2D eigenvalue weighted by Crippen LogP contribution is 2.33. The first kappa shape index (κ1) is 50.0. The second-order valence-corrected chi connectivity index (χ2v) is 17.6. The van der Waals surface area contributed by atoms with Crippen molar-refractivity contribution in [3.05, 3.63) is 122 Å². The summed E-state index contributed by atoms with van der Waals surface area (Å²) in [4.78, 5) is 25.9. The Bertz CT molecular complexity index is 2130. The molecule has 4 aromatic rings. The van der Waals surface area contributed by atoms with Crippen molar-refractivity contribution in [2.45, 2.75) is 95.2 Å². The van der Waals surface area contributed by atoms with Gasteiger partial charge in [-0.15, -0.1) is 12.8 Å². The molecule has 0 saturated heterocycles. The standard InChI is InChI=1S/C24H28F2N2O.C14H19BrFNO.C10H10FN/c1-7-12-28(15-18-8-10-19(25)11-9-18)20-13-16(2)23(17(3)22(20)26)27-21(29)14-24(4,5)6;1-8-6-10(15)12(16)9(2)13(8)17-11(18)7-14(3,4)5;1-2-7-12-8-9-3-5-10(11)6-4-9/h1,8-11,13H,12,14-15H2,2-6H3,(H,27,29);6H,7H2,1-5H3,(H,17,18);1,3-6,12H,7-8H2. The lowest BCUT2D eigenvalue weighted by Crippen LogP contribution is -2.25. The minimum Gasteiger partial charge on any atom is -0.354 e. The minimum absolute atomic E-state index is 0.0835. The van der Waals surface area contributed by atoms with Crippen molar-refractivity contribution >= 4 is 44.8 Å². The summed E-state index contributed by atoms with van der Waals surface area (Å²) in [6.45, 7) is 20.7. The Morgan fingerprint density at radius 1 is 0.678 bits per heavy atom. The fraction of sp³-hybridized carbons (Fsp3) is 0.375. The number of benzene rings is 4. The fourth-order valence-corrected chi connectivity index (χ4v) is 6.46. The van der Waals surface area contributed by atoms with Gasteiger partial charge in [-0.05, 0) is 113 Å². The zero-order chi connectivity index (χ0) is 44.7. The number of nitrogens with one attached hydrogen (secondary N) is 3. The Morgan fingerprint density at radius 2 is 1.12 bits per heavy atom. The van der Waals surface area contributed by atoms with Crippen molar-refractivity contribution in [2.75, 3.05) is 28.6 Å². The van der Waals surface area contributed by atoms with E-state index in [4.69, 9.17) is 12.8 Å². The predicted octanol–water partition coefficient (Wildman–Crippen LogP) is 11.7. The van der Waals surface area contributed by atoms with E-state index in [2.05, 4.69) is 43.7 Å². The molecule has 0 unspecified atom stereocenters. The summed E-state index contributed by atoms with van der Waals surface area (Å²) >= 11 is 3.16. The van der Waals surface area contributed by atoms with Crippen LogP contribution in [0.2, 0.25) is 0 Å². The summed E-state index contributed by atoms with van der Waals surface area (Å²) in [7, 11) is 0. The van der Waals surface area contributed by atoms with Crippen molar-refractivity contribution in [1.82, 2.24) is 5.32 Å². The van der Waals surface area contributed by atoms with Crippen molar-refractivity contribution in [3.63, 3.8) is 0 Å². The van der Waals surface area contributed by atoms with Gasteiger partial charge in [-0.25, -0.2) is 17.6 Å². The van der Waals surface area contributed by atoms with Crippen LogP contribution in [0.1, 0.15) is 87.8 Å². The van der Waals surface area contributed by atoms with Crippen molar-refractivity contribution in [3.8, 4) is 24.7 Å². The molecule has 0 aliphatic heterocycles. The number of carbonyl (C=O) groups is 2. The number of hydrogen-bond acceptors (Lipinski definition) is 4. The highest BCUT2D eigenvalue weighted by molar-refractivity contribution is 9.10. The first-order valence-electron chi connectivity index (χ1n) is 19.1. The van der Waals surface area contributed by atoms with Gasteiger partial charge < -0.3 is 20.9 Å². The van der Waals surface area contributed by atoms with E-state index in [9.17, 15) is 22.8 Å². The lowest BCUT2D eigenvalue weighted by Gasteiger charge is -2.26. The topological polar surface area (TPSA) is 73.5 Å². The minimum atomic E-state index is -0.431. The van der Waals surface area contributed by atoms with E-state index < -0.39 is 5.82 Å². The molecule has 4 rings (SSSR count). The van der Waals surface area contributed by atoms with Crippen LogP contribution in [0.3, 0.4) is 0 Å². The largest absolute Gasteiger partial charge is 0.354 e. The van der Waals surface area contributed by atoms with E-state index in [1.807, 2.05) is 55.4 Å². The Hall–Kier alpha value is -5.10. The molecule has 316 valence electrons. The SMILES string of the molecule is C#CCN(Cc1ccc(F)cc1)c1cc(C)c(NC(=O)CC(C)(C)C)c(C)c1F.C#CCNCc1ccc(F)cc1.Cc1cc(Br)c(F)c(C)c1NC(=O)CC(C)(C)C. The monoisotopic (exact) mass is 876 g/mol. The second-order valence-electron chi connectivity index (χ2n) is 16.7. The van der Waals surface area contributed by atoms with Gasteiger partial charge in [0.2, 0.25) is 11.8 Å². The van der Waals surface area contributed by atoms with Gasteiger partial charge in [0.05, 0.1) is 23.2 Å². The molecule has 0 aliphatic rings. The predicted molar refractivity (Wildman–Crippen MR) is 238 cm³/mol. The maximum absolute atomic E-state index is 15.2. The summed E-state index contributed by atoms with van der Waals surface area (Å²) in [6, 6.07) is 15.7. The Kier molecular flexibility index (Phi) is 19.4. The molecule has 0 heterocycles. The molecule has 2 amide bonds. The van der Waals surface area contributed by atoms with Crippen LogP contribution in [-0.2, 0) is 22.7 Å². The van der Waals surface area contributed by atoms with E-state index in [0.717, 1.165) is 22.3 Å². The maximum atomic E-state index is 15.2. The third kappa shape index (κ3) is 17.3. The molecule has 11 heteroatoms. The average Bonchev–Trinajstić information content (AvgIpc) is 3.13. The quantitative estimate of drug-likeness (QED) is 0.0797. The van der Waals surface area contributed by atoms with Crippen LogP contribution in [0.4, 0.5) is 34.6 Å². The van der Waals surface area contributed by atoms with Crippen LogP contribution in [0.15, 0.2) is 65.1 Å². The third-order valence-electron chi connectivity index (χ3n) is 8.62. The van der Waals surface area contributed by atoms with Crippen molar-refractivity contribution in [1.29, 1.82) is 0 Å². The molecule has 0 aromatic heterocycles. The molecule has 0 aliphatic carbocycles. The van der Waals surface area contributed by atoms with Gasteiger partial charge in [-0.2, -0.15) is 0 Å². The van der Waals surface area contributed by atoms with E-state index in [1.54, 1.807) is 55.1 Å². The van der Waals surface area contributed by atoms with Crippen LogP contribution >= 0.6 is 15.9 Å². The van der Waals surface area contributed by atoms with Gasteiger partial charge in [-0.1, -0.05) is 77.6 Å². The van der Waals surface area contributed by atoms with E-state index in [1.165, 1.54) is 24.3 Å². The summed E-state index contributed by atoms with van der Waals surface area (Å²) < 4.78 is 55.0. The number of hydrogen-bond donors (Lipinski definition) is 3. The zero-order valence-corrected chi connectivity index (χ0v) is 37.4. The molecular weight excluding hydrogens is 820 g/mol. The zero-order valence-electron chi connectivity index (χ0n) is 35.8. The van der Waals surface area contributed by atoms with Gasteiger partial charge in [0, 0.05) is 48.4 Å². The van der Waals surface area contributed by atoms with Gasteiger partial charge in [0.25, 0.3) is 0 Å². The fourth-order valence-electron chi connectivity index (χ4n) is 5.82. The molecule has 59 heavy (non-hydrogen) atoms. The Labute approximate surface area is 357 Å². The summed E-state index contributed by atoms with van der Waals surface area (Å²) in [5.41, 5.74) is 5.45. The molecule has 6 nitrogen and oxygen atoms in total. The van der Waals surface area contributed by atoms with Gasteiger partial charge in [0.15, 0.2) is 5.82 Å². The van der Waals surface area contributed by atoms with Crippen LogP contribution in [-0.4, -0.2) is 24.9 Å². The van der Waals surface area contributed by atoms with Gasteiger partial charge >= 0.3 is 0 Å². The first-order valence-corrected chi connectivity index (χ1v) is 19.9. The molecule has 3 N–H and O–H groups in total. The number of anilines is 3. The normalized spacial score (nSPS) is 10.9. The van der Waals surface area contributed by atoms with Crippen molar-refractivity contribution < 1.29 is 27.2 Å². The highest BCUT2D eigenvalue weighted by atomic mass is 79.9. The maximum Gasteiger partial charge on any atom is 0.224 e. The van der Waals surface area contributed by atoms with Crippen LogP contribution < -0.4 is 20.9 Å². The number of amides is 2. The van der Waals surface area contributed by atoms with E-state index >= 15 is 4.39 Å². The Morgan fingerprint density at radius 3 is 1.56 bits per heavy atom. The van der Waals surface area contributed by atoms with Gasteiger partial charge in [0.1, 0.15) is 17.5 Å². The molecule has 0 atom stereocenters. The number of terminal acetylenes is 2. The molecule has 0 spiro atoms. The molecule has 0 radical (unpaired) electrons. The third-order valence-corrected chi connectivity index (χ3v) is 9.19. The molecule has 0 saturated carbocycles. The molecule has 0 bridgehead atoms. The number of halogens is 5. The van der Waals surface area contributed by atoms with Crippen LogP contribution in [0.5, 0.6) is 0 Å².